The largest absolute Gasteiger partial charge is 0.392 e. The van der Waals surface area contributed by atoms with E-state index in [4.69, 9.17) is 0 Å². The first-order chi connectivity index (χ1) is 9.88. The number of aromatic nitrogens is 2. The van der Waals surface area contributed by atoms with Crippen LogP contribution in [-0.4, -0.2) is 15.3 Å². The van der Waals surface area contributed by atoms with Gasteiger partial charge in [0.05, 0.1) is 23.4 Å². The highest BCUT2D eigenvalue weighted by molar-refractivity contribution is 7.13. The predicted molar refractivity (Wildman–Crippen MR) is 81.6 cm³/mol. The zero-order chi connectivity index (χ0) is 13.8. The Hall–Kier alpha value is -2.11. The fourth-order valence-corrected chi connectivity index (χ4v) is 2.86. The van der Waals surface area contributed by atoms with E-state index in [0.29, 0.717) is 6.54 Å². The Morgan fingerprint density at radius 2 is 2.05 bits per heavy atom. The molecular formula is C15H15N3OS. The van der Waals surface area contributed by atoms with Crippen molar-refractivity contribution in [3.8, 4) is 10.6 Å². The number of hydrogen-bond acceptors (Lipinski definition) is 4. The van der Waals surface area contributed by atoms with Gasteiger partial charge in [-0.15, -0.1) is 11.3 Å². The molecule has 0 saturated heterocycles. The van der Waals surface area contributed by atoms with Gasteiger partial charge >= 0.3 is 0 Å². The summed E-state index contributed by atoms with van der Waals surface area (Å²) in [4.78, 5) is 1.18. The molecule has 4 nitrogen and oxygen atoms in total. The van der Waals surface area contributed by atoms with Crippen LogP contribution < -0.4 is 5.32 Å². The monoisotopic (exact) mass is 285 g/mol. The molecule has 3 N–H and O–H groups in total. The summed E-state index contributed by atoms with van der Waals surface area (Å²) in [6.07, 6.45) is 1.84. The molecule has 1 aromatic carbocycles. The third kappa shape index (κ3) is 2.59. The lowest BCUT2D eigenvalue weighted by atomic mass is 10.1. The second-order valence-electron chi connectivity index (χ2n) is 4.42. The zero-order valence-corrected chi connectivity index (χ0v) is 11.7. The van der Waals surface area contributed by atoms with Crippen molar-refractivity contribution in [3.05, 3.63) is 59.1 Å². The van der Waals surface area contributed by atoms with Crippen molar-refractivity contribution in [1.82, 2.24) is 10.2 Å². The van der Waals surface area contributed by atoms with Crippen molar-refractivity contribution in [2.75, 3.05) is 5.32 Å². The quantitative estimate of drug-likeness (QED) is 0.674. The summed E-state index contributed by atoms with van der Waals surface area (Å²) in [6.45, 7) is 0.701. The van der Waals surface area contributed by atoms with Gasteiger partial charge in [0.1, 0.15) is 0 Å². The van der Waals surface area contributed by atoms with E-state index in [0.717, 1.165) is 22.5 Å². The highest BCUT2D eigenvalue weighted by Gasteiger charge is 2.09. The summed E-state index contributed by atoms with van der Waals surface area (Å²) < 4.78 is 0. The van der Waals surface area contributed by atoms with Crippen LogP contribution in [0.4, 0.5) is 5.69 Å². The Bertz CT molecular complexity index is 676. The van der Waals surface area contributed by atoms with Gasteiger partial charge in [-0.3, -0.25) is 5.10 Å². The molecule has 5 heteroatoms. The van der Waals surface area contributed by atoms with Crippen LogP contribution in [0.25, 0.3) is 10.6 Å². The highest BCUT2D eigenvalue weighted by atomic mass is 32.1. The van der Waals surface area contributed by atoms with E-state index in [1.54, 1.807) is 11.3 Å². The number of nitrogens with one attached hydrogen (secondary N) is 2. The first-order valence-electron chi connectivity index (χ1n) is 6.37. The van der Waals surface area contributed by atoms with Crippen molar-refractivity contribution in [1.29, 1.82) is 0 Å². The van der Waals surface area contributed by atoms with E-state index in [1.165, 1.54) is 4.88 Å². The van der Waals surface area contributed by atoms with Gasteiger partial charge in [-0.2, -0.15) is 5.10 Å². The third-order valence-corrected chi connectivity index (χ3v) is 4.03. The maximum atomic E-state index is 9.32. The minimum Gasteiger partial charge on any atom is -0.392 e. The van der Waals surface area contributed by atoms with Crippen molar-refractivity contribution < 1.29 is 5.11 Å². The van der Waals surface area contributed by atoms with Crippen LogP contribution in [0.5, 0.6) is 0 Å². The number of H-pyrrole nitrogens is 1. The number of hydrogen-bond donors (Lipinski definition) is 3. The Morgan fingerprint density at radius 3 is 2.85 bits per heavy atom. The van der Waals surface area contributed by atoms with Crippen molar-refractivity contribution in [2.45, 2.75) is 13.2 Å². The Morgan fingerprint density at radius 1 is 1.15 bits per heavy atom. The highest BCUT2D eigenvalue weighted by Crippen LogP contribution is 2.26. The molecular weight excluding hydrogens is 270 g/mol. The van der Waals surface area contributed by atoms with Crippen molar-refractivity contribution in [2.24, 2.45) is 0 Å². The van der Waals surface area contributed by atoms with Crippen molar-refractivity contribution >= 4 is 17.0 Å². The molecule has 0 saturated carbocycles. The van der Waals surface area contributed by atoms with E-state index in [-0.39, 0.29) is 6.61 Å². The predicted octanol–water partition coefficient (Wildman–Crippen LogP) is 3.24. The number of thiophene rings is 1. The van der Waals surface area contributed by atoms with Crippen LogP contribution in [0.3, 0.4) is 0 Å². The Kier molecular flexibility index (Phi) is 3.80. The van der Waals surface area contributed by atoms with Gasteiger partial charge in [-0.25, -0.2) is 0 Å². The Balaban J connectivity index is 1.78. The number of para-hydroxylation sites is 1. The molecule has 0 radical (unpaired) electrons. The molecule has 102 valence electrons. The molecule has 0 aliphatic rings. The first kappa shape index (κ1) is 12.9. The minimum atomic E-state index is 0.0341. The van der Waals surface area contributed by atoms with Crippen LogP contribution in [0.2, 0.25) is 0 Å². The lowest BCUT2D eigenvalue weighted by Crippen LogP contribution is -2.02. The molecule has 20 heavy (non-hydrogen) atoms. The number of rotatable bonds is 5. The smallest absolute Gasteiger partial charge is 0.0799 e. The number of anilines is 1. The van der Waals surface area contributed by atoms with Gasteiger partial charge < -0.3 is 10.4 Å². The summed E-state index contributed by atoms with van der Waals surface area (Å²) in [5.41, 5.74) is 4.01. The summed E-state index contributed by atoms with van der Waals surface area (Å²) in [5.74, 6) is 0. The lowest BCUT2D eigenvalue weighted by molar-refractivity contribution is 0.282. The molecule has 3 rings (SSSR count). The first-order valence-corrected chi connectivity index (χ1v) is 7.25. The van der Waals surface area contributed by atoms with Crippen LogP contribution in [0.1, 0.15) is 11.1 Å². The second kappa shape index (κ2) is 5.90. The molecule has 0 aliphatic carbocycles. The van der Waals surface area contributed by atoms with E-state index in [9.17, 15) is 5.11 Å². The number of nitrogens with zero attached hydrogens (tertiary/aromatic N) is 1. The normalized spacial score (nSPS) is 10.7. The summed E-state index contributed by atoms with van der Waals surface area (Å²) in [5, 5.41) is 21.9. The Labute approximate surface area is 121 Å². The summed E-state index contributed by atoms with van der Waals surface area (Å²) in [7, 11) is 0. The molecule has 0 amide bonds. The minimum absolute atomic E-state index is 0.0341. The van der Waals surface area contributed by atoms with Crippen molar-refractivity contribution in [3.63, 3.8) is 0 Å². The average molecular weight is 285 g/mol. The molecule has 0 fully saturated rings. The van der Waals surface area contributed by atoms with Crippen LogP contribution in [0.15, 0.2) is 48.0 Å². The maximum Gasteiger partial charge on any atom is 0.0799 e. The van der Waals surface area contributed by atoms with E-state index in [1.807, 2.05) is 36.5 Å². The molecule has 2 heterocycles. The SMILES string of the molecule is OCc1ccccc1NCc1cn[nH]c1-c1cccs1. The third-order valence-electron chi connectivity index (χ3n) is 3.14. The summed E-state index contributed by atoms with van der Waals surface area (Å²) >= 11 is 1.69. The second-order valence-corrected chi connectivity index (χ2v) is 5.36. The number of aliphatic hydroxyl groups is 1. The van der Waals surface area contributed by atoms with E-state index in [2.05, 4.69) is 27.0 Å². The van der Waals surface area contributed by atoms with E-state index < -0.39 is 0 Å². The van der Waals surface area contributed by atoms with E-state index >= 15 is 0 Å². The zero-order valence-electron chi connectivity index (χ0n) is 10.8. The molecule has 2 aromatic heterocycles. The fraction of sp³-hybridized carbons (Fsp3) is 0.133. The van der Waals surface area contributed by atoms with Gasteiger partial charge in [0.15, 0.2) is 0 Å². The molecule has 0 spiro atoms. The molecule has 0 atom stereocenters. The molecule has 0 bridgehead atoms. The van der Waals surface area contributed by atoms with Gasteiger partial charge in [0.2, 0.25) is 0 Å². The fourth-order valence-electron chi connectivity index (χ4n) is 2.10. The van der Waals surface area contributed by atoms with Gasteiger partial charge in [-0.05, 0) is 17.5 Å². The van der Waals surface area contributed by atoms with Gasteiger partial charge in [0, 0.05) is 23.4 Å². The number of benzene rings is 1. The molecule has 3 aromatic rings. The van der Waals surface area contributed by atoms with Gasteiger partial charge in [-0.1, -0.05) is 24.3 Å². The maximum absolute atomic E-state index is 9.32. The standard InChI is InChI=1S/C15H15N3OS/c19-10-11-4-1-2-5-13(11)16-8-12-9-17-18-15(12)14-6-3-7-20-14/h1-7,9,16,19H,8,10H2,(H,17,18). The average Bonchev–Trinajstić information content (AvgIpc) is 3.15. The lowest BCUT2D eigenvalue weighted by Gasteiger charge is -2.10. The number of aliphatic hydroxyl groups excluding tert-OH is 1. The van der Waals surface area contributed by atoms with Gasteiger partial charge in [0.25, 0.3) is 0 Å². The van der Waals surface area contributed by atoms with Crippen LogP contribution in [-0.2, 0) is 13.2 Å². The van der Waals surface area contributed by atoms with Crippen LogP contribution >= 0.6 is 11.3 Å². The topological polar surface area (TPSA) is 60.9 Å². The number of aromatic amines is 1. The summed E-state index contributed by atoms with van der Waals surface area (Å²) in [6, 6.07) is 11.9. The molecule has 0 aliphatic heterocycles. The van der Waals surface area contributed by atoms with Crippen LogP contribution in [0, 0.1) is 0 Å². The molecule has 0 unspecified atom stereocenters.